The molecule has 0 spiro atoms. The third-order valence-corrected chi connectivity index (χ3v) is 5.88. The number of hydrogen-bond acceptors (Lipinski definition) is 10. The monoisotopic (exact) mass is 459 g/mol. The van der Waals surface area contributed by atoms with Gasteiger partial charge in [0.15, 0.2) is 17.5 Å². The van der Waals surface area contributed by atoms with Crippen molar-refractivity contribution >= 4 is 21.5 Å². The van der Waals surface area contributed by atoms with Gasteiger partial charge >= 0.3 is 10.3 Å². The molecule has 1 aliphatic carbocycles. The Labute approximate surface area is 181 Å². The normalized spacial score (nSPS) is 28.8. The summed E-state index contributed by atoms with van der Waals surface area (Å²) in [5.41, 5.74) is -0.254. The zero-order chi connectivity index (χ0) is 22.7. The molecule has 1 aliphatic heterocycles. The number of imidazole rings is 1. The highest BCUT2D eigenvalue weighted by Crippen LogP contribution is 2.55. The number of nitrogens with zero attached hydrogens (tertiary/aromatic N) is 4. The summed E-state index contributed by atoms with van der Waals surface area (Å²) in [6.45, 7) is 0. The van der Waals surface area contributed by atoms with Gasteiger partial charge in [-0.3, -0.25) is 4.57 Å². The highest BCUT2D eigenvalue weighted by molar-refractivity contribution is 7.84. The number of benzene rings is 1. The number of aromatic nitrogens is 4. The molecule has 13 heteroatoms. The van der Waals surface area contributed by atoms with Gasteiger partial charge in [-0.05, 0) is 18.1 Å². The fourth-order valence-corrected chi connectivity index (χ4v) is 4.34. The molecule has 3 heterocycles. The van der Waals surface area contributed by atoms with Crippen molar-refractivity contribution in [2.45, 2.75) is 30.1 Å². The van der Waals surface area contributed by atoms with Gasteiger partial charge in [0.25, 0.3) is 0 Å². The maximum Gasteiger partial charge on any atom is 0.333 e. The summed E-state index contributed by atoms with van der Waals surface area (Å²) in [5, 5.41) is 26.0. The number of ether oxygens (including phenoxy) is 2. The van der Waals surface area contributed by atoms with Crippen LogP contribution in [-0.4, -0.2) is 69.2 Å². The molecule has 0 radical (unpaired) electrons. The summed E-state index contributed by atoms with van der Waals surface area (Å²) in [6, 6.07) is 7.26. The van der Waals surface area contributed by atoms with Crippen molar-refractivity contribution in [1.82, 2.24) is 19.5 Å². The van der Waals surface area contributed by atoms with Gasteiger partial charge in [0.05, 0.1) is 19.0 Å². The fraction of sp³-hybridized carbons (Fsp3) is 0.316. The van der Waals surface area contributed by atoms with Crippen molar-refractivity contribution in [2.75, 3.05) is 7.11 Å². The average molecular weight is 459 g/mol. The first-order valence-corrected chi connectivity index (χ1v) is 10.8. The Morgan fingerprint density at radius 3 is 2.72 bits per heavy atom. The van der Waals surface area contributed by atoms with E-state index in [2.05, 4.69) is 31.0 Å². The summed E-state index contributed by atoms with van der Waals surface area (Å²) < 4.78 is 39.2. The summed E-state index contributed by atoms with van der Waals surface area (Å²) >= 11 is 0. The van der Waals surface area contributed by atoms with E-state index in [1.807, 2.05) is 12.1 Å². The summed E-state index contributed by atoms with van der Waals surface area (Å²) in [6.07, 6.45) is -2.32. The zero-order valence-electron chi connectivity index (χ0n) is 16.5. The second-order valence-electron chi connectivity index (χ2n) is 7.29. The van der Waals surface area contributed by atoms with Gasteiger partial charge in [-0.25, -0.2) is 24.3 Å². The second kappa shape index (κ2) is 7.20. The van der Waals surface area contributed by atoms with Gasteiger partial charge in [0.2, 0.25) is 0 Å². The highest BCUT2D eigenvalue weighted by Gasteiger charge is 2.79. The van der Waals surface area contributed by atoms with E-state index in [-0.39, 0.29) is 0 Å². The summed E-state index contributed by atoms with van der Waals surface area (Å²) in [5.74, 6) is 6.54. The number of rotatable bonds is 4. The van der Waals surface area contributed by atoms with Crippen LogP contribution in [-0.2, 0) is 19.2 Å². The van der Waals surface area contributed by atoms with Crippen molar-refractivity contribution < 1.29 is 32.3 Å². The van der Waals surface area contributed by atoms with Gasteiger partial charge in [-0.2, -0.15) is 8.42 Å². The van der Waals surface area contributed by atoms with Crippen LogP contribution < -0.4 is 9.88 Å². The molecule has 2 aromatic heterocycles. The Hall–Kier alpha value is -3.12. The van der Waals surface area contributed by atoms with Gasteiger partial charge < -0.3 is 19.7 Å². The molecule has 0 bridgehead atoms. The number of para-hydroxylation sites is 1. The first kappa shape index (κ1) is 20.8. The largest absolute Gasteiger partial charge is 0.495 e. The van der Waals surface area contributed by atoms with Crippen molar-refractivity contribution in [3.05, 3.63) is 48.2 Å². The van der Waals surface area contributed by atoms with E-state index in [0.717, 1.165) is 0 Å². The minimum absolute atomic E-state index is 0.308. The predicted molar refractivity (Wildman–Crippen MR) is 107 cm³/mol. The number of aliphatic hydroxyl groups excluding tert-OH is 1. The molecule has 5 rings (SSSR count). The molecule has 4 N–H and O–H groups in total. The first-order valence-electron chi connectivity index (χ1n) is 9.33. The Kier molecular flexibility index (Phi) is 4.67. The fourth-order valence-electron chi connectivity index (χ4n) is 3.79. The molecule has 5 atom stereocenters. The SMILES string of the molecule is COc1ccccc1C#Cc1ncnc2c1ncn2[C@@H]1O[C@@H]2C(OS(N)(=O)=O)[C@]2(O)[C@H]1O. The van der Waals surface area contributed by atoms with E-state index in [9.17, 15) is 18.6 Å². The number of nitrogens with two attached hydrogens (primary N) is 1. The van der Waals surface area contributed by atoms with Crippen LogP contribution in [0.5, 0.6) is 5.75 Å². The van der Waals surface area contributed by atoms with Crippen LogP contribution in [0.4, 0.5) is 0 Å². The standard InChI is InChI=1S/C19H17N5O7S/c1-29-12-5-3-2-4-10(12)6-7-11-13-17(22-8-21-11)24(9-23-13)18-14(25)19(26)15(30-18)16(19)31-32(20,27)28/h2-5,8-9,14-16,18,25-26H,1H3,(H2,20,27,28)/t14-,15+,16?,18+,19-/m0/s1. The highest BCUT2D eigenvalue weighted by atomic mass is 32.2. The topological polar surface area (TPSA) is 172 Å². The minimum Gasteiger partial charge on any atom is -0.495 e. The predicted octanol–water partition coefficient (Wildman–Crippen LogP) is -1.17. The lowest BCUT2D eigenvalue weighted by molar-refractivity contribution is -0.0888. The third kappa shape index (κ3) is 3.21. The lowest BCUT2D eigenvalue weighted by Gasteiger charge is -2.23. The lowest BCUT2D eigenvalue weighted by atomic mass is 10.1. The van der Waals surface area contributed by atoms with E-state index in [0.29, 0.717) is 28.2 Å². The summed E-state index contributed by atoms with van der Waals surface area (Å²) in [7, 11) is -2.77. The molecular formula is C19H17N5O7S. The quantitative estimate of drug-likeness (QED) is 0.404. The van der Waals surface area contributed by atoms with E-state index in [1.54, 1.807) is 19.2 Å². The molecule has 1 saturated carbocycles. The van der Waals surface area contributed by atoms with Crippen LogP contribution in [0.3, 0.4) is 0 Å². The molecule has 1 saturated heterocycles. The van der Waals surface area contributed by atoms with Crippen LogP contribution in [0.15, 0.2) is 36.9 Å². The number of hydrogen-bond donors (Lipinski definition) is 3. The molecule has 12 nitrogen and oxygen atoms in total. The van der Waals surface area contributed by atoms with Crippen LogP contribution in [0, 0.1) is 11.8 Å². The third-order valence-electron chi connectivity index (χ3n) is 5.40. The molecule has 0 amide bonds. The molecule has 3 aromatic rings. The average Bonchev–Trinajstić information content (AvgIpc) is 3.05. The van der Waals surface area contributed by atoms with Crippen LogP contribution in [0.1, 0.15) is 17.5 Å². The Morgan fingerprint density at radius 2 is 2.03 bits per heavy atom. The number of methoxy groups -OCH3 is 1. The van der Waals surface area contributed by atoms with Crippen LogP contribution in [0.25, 0.3) is 11.2 Å². The van der Waals surface area contributed by atoms with Crippen molar-refractivity contribution in [1.29, 1.82) is 0 Å². The summed E-state index contributed by atoms with van der Waals surface area (Å²) in [4.78, 5) is 12.6. The molecule has 2 aliphatic rings. The van der Waals surface area contributed by atoms with Crippen molar-refractivity contribution in [3.63, 3.8) is 0 Å². The first-order chi connectivity index (χ1) is 15.2. The molecule has 1 unspecified atom stereocenters. The zero-order valence-corrected chi connectivity index (χ0v) is 17.3. The molecular weight excluding hydrogens is 442 g/mol. The van der Waals surface area contributed by atoms with Gasteiger partial charge in [0, 0.05) is 0 Å². The lowest BCUT2D eigenvalue weighted by Crippen LogP contribution is -2.38. The van der Waals surface area contributed by atoms with Crippen LogP contribution >= 0.6 is 0 Å². The minimum atomic E-state index is -4.33. The number of aliphatic hydroxyl groups is 2. The van der Waals surface area contributed by atoms with Gasteiger partial charge in [0.1, 0.15) is 41.6 Å². The van der Waals surface area contributed by atoms with E-state index in [4.69, 9.17) is 14.6 Å². The van der Waals surface area contributed by atoms with Crippen molar-refractivity contribution in [2.24, 2.45) is 5.14 Å². The van der Waals surface area contributed by atoms with Crippen molar-refractivity contribution in [3.8, 4) is 17.6 Å². The molecule has 166 valence electrons. The molecule has 32 heavy (non-hydrogen) atoms. The maximum absolute atomic E-state index is 11.1. The molecule has 2 fully saturated rings. The van der Waals surface area contributed by atoms with E-state index < -0.39 is 40.4 Å². The maximum atomic E-state index is 11.1. The molecule has 1 aromatic carbocycles. The van der Waals surface area contributed by atoms with Crippen LogP contribution in [0.2, 0.25) is 0 Å². The second-order valence-corrected chi connectivity index (χ2v) is 8.46. The van der Waals surface area contributed by atoms with Gasteiger partial charge in [-0.1, -0.05) is 18.1 Å². The smallest absolute Gasteiger partial charge is 0.333 e. The Balaban J connectivity index is 1.45. The number of fused-ring (bicyclic) bond motifs is 2. The Morgan fingerprint density at radius 1 is 1.25 bits per heavy atom. The van der Waals surface area contributed by atoms with E-state index >= 15 is 0 Å². The van der Waals surface area contributed by atoms with E-state index in [1.165, 1.54) is 17.2 Å². The van der Waals surface area contributed by atoms with Gasteiger partial charge in [-0.15, -0.1) is 0 Å². The Bertz CT molecular complexity index is 1380.